The number of nitrogens with zero attached hydrogens (tertiary/aromatic N) is 11. The Labute approximate surface area is 630 Å². The molecule has 106 heavy (non-hydrogen) atoms. The third-order valence-corrected chi connectivity index (χ3v) is 17.6. The summed E-state index contributed by atoms with van der Waals surface area (Å²) in [6.07, 6.45) is 2.89. The predicted octanol–water partition coefficient (Wildman–Crippen LogP) is 12.4. The minimum absolute atomic E-state index is 0.0326. The lowest BCUT2D eigenvalue weighted by Gasteiger charge is -2.15. The van der Waals surface area contributed by atoms with Crippen LogP contribution in [0.25, 0.3) is 22.7 Å². The molecule has 0 saturated heterocycles. The fourth-order valence-corrected chi connectivity index (χ4v) is 12.3. The van der Waals surface area contributed by atoms with Crippen LogP contribution in [0.4, 0.5) is 17.6 Å². The van der Waals surface area contributed by atoms with Gasteiger partial charge in [-0.15, -0.1) is 0 Å². The van der Waals surface area contributed by atoms with Crippen LogP contribution >= 0.6 is 93.0 Å². The highest BCUT2D eigenvalue weighted by Gasteiger charge is 2.30. The quantitative estimate of drug-likeness (QED) is 0.0615. The summed E-state index contributed by atoms with van der Waals surface area (Å²) in [6, 6.07) is 45.9. The first kappa shape index (κ1) is 78.5. The lowest BCUT2D eigenvalue weighted by atomic mass is 9.92. The maximum Gasteiger partial charge on any atom is 0.446 e. The number of halogens is 11. The first-order chi connectivity index (χ1) is 50.3. The molecule has 12 aromatic rings. The number of aromatic nitrogens is 12. The van der Waals surface area contributed by atoms with Gasteiger partial charge < -0.3 is 4.74 Å². The van der Waals surface area contributed by atoms with E-state index in [1.807, 2.05) is 4.98 Å². The van der Waals surface area contributed by atoms with E-state index < -0.39 is 79.9 Å². The molecule has 0 aliphatic heterocycles. The summed E-state index contributed by atoms with van der Waals surface area (Å²) in [5.74, 6) is -1.85. The number of nitriles is 3. The molecule has 0 bridgehead atoms. The van der Waals surface area contributed by atoms with Crippen molar-refractivity contribution >= 4 is 93.0 Å². The Balaban J connectivity index is 0.000000164. The van der Waals surface area contributed by atoms with Crippen LogP contribution in [0.15, 0.2) is 224 Å². The molecule has 0 aliphatic rings. The van der Waals surface area contributed by atoms with Crippen LogP contribution in [0.5, 0.6) is 11.5 Å². The second-order valence-electron chi connectivity index (χ2n) is 21.7. The molecule has 0 spiro atoms. The Morgan fingerprint density at radius 3 is 1.25 bits per heavy atom. The van der Waals surface area contributed by atoms with Crippen molar-refractivity contribution in [2.75, 3.05) is 0 Å². The van der Waals surface area contributed by atoms with Crippen LogP contribution < -0.4 is 55.6 Å². The fraction of sp³-hybridized carbons (Fsp3) is 0.0870. The van der Waals surface area contributed by atoms with Gasteiger partial charge in [0.05, 0.1) is 58.7 Å². The molecule has 25 nitrogen and oxygen atoms in total. The maximum atomic E-state index is 13.1. The van der Waals surface area contributed by atoms with Gasteiger partial charge in [-0.25, -0.2) is 42.3 Å². The molecule has 0 saturated carbocycles. The van der Waals surface area contributed by atoms with Crippen LogP contribution in [0.3, 0.4) is 0 Å². The normalized spacial score (nSPS) is 11.7. The number of nitrogens with one attached hydrogen (secondary N) is 4. The Morgan fingerprint density at radius 2 is 0.858 bits per heavy atom. The summed E-state index contributed by atoms with van der Waals surface area (Å²) in [7, 11) is 1.24. The van der Waals surface area contributed by atoms with Crippen molar-refractivity contribution in [1.29, 1.82) is 15.8 Å². The third-order valence-electron chi connectivity index (χ3n) is 14.8. The molecule has 4 heterocycles. The number of hydrogen-bond acceptors (Lipinski definition) is 17. The highest BCUT2D eigenvalue weighted by Crippen LogP contribution is 2.41. The average molecular weight is 1600 g/mol. The number of thioether (sulfide) groups is 1. The summed E-state index contributed by atoms with van der Waals surface area (Å²) in [5, 5.41) is 42.0. The molecule has 4 aromatic heterocycles. The first-order valence-corrected chi connectivity index (χ1v) is 33.2. The minimum Gasteiger partial charge on any atom is -0.457 e. The van der Waals surface area contributed by atoms with Crippen LogP contribution in [-0.2, 0) is 7.05 Å². The Kier molecular flexibility index (Phi) is 25.4. The van der Waals surface area contributed by atoms with Crippen molar-refractivity contribution in [3.05, 3.63) is 350 Å². The predicted molar refractivity (Wildman–Crippen MR) is 389 cm³/mol. The molecule has 8 aromatic carbocycles. The molecule has 4 N–H and O–H groups in total. The van der Waals surface area contributed by atoms with E-state index in [0.717, 1.165) is 47.3 Å². The Bertz CT molecular complexity index is 5830. The molecular weight excluding hydrogens is 1560 g/mol. The van der Waals surface area contributed by atoms with E-state index in [2.05, 4.69) is 48.5 Å². The van der Waals surface area contributed by atoms with E-state index in [1.54, 1.807) is 67.6 Å². The number of rotatable bonds is 13. The number of benzene rings is 8. The van der Waals surface area contributed by atoms with Gasteiger partial charge in [-0.1, -0.05) is 124 Å². The second-order valence-corrected chi connectivity index (χ2v) is 25.8. The zero-order valence-corrected chi connectivity index (χ0v) is 59.7. The summed E-state index contributed by atoms with van der Waals surface area (Å²) >= 11 is 43.2. The van der Waals surface area contributed by atoms with Crippen molar-refractivity contribution in [3.63, 3.8) is 0 Å². The third kappa shape index (κ3) is 19.2. The average Bonchev–Trinajstić information content (AvgIpc) is 0.801. The second kappa shape index (κ2) is 34.3. The fourth-order valence-electron chi connectivity index (χ4n) is 9.84. The summed E-state index contributed by atoms with van der Waals surface area (Å²) < 4.78 is 60.4. The van der Waals surface area contributed by atoms with Gasteiger partial charge in [0, 0.05) is 58.2 Å². The van der Waals surface area contributed by atoms with Crippen LogP contribution in [0.1, 0.15) is 56.7 Å². The summed E-state index contributed by atoms with van der Waals surface area (Å²) in [5.41, 5.74) is -5.95. The van der Waals surface area contributed by atoms with E-state index in [-0.39, 0.29) is 53.8 Å². The number of ether oxygens (including phenoxy) is 1. The molecule has 12 rings (SSSR count). The molecule has 0 amide bonds. The van der Waals surface area contributed by atoms with Crippen LogP contribution in [0, 0.1) is 46.7 Å². The van der Waals surface area contributed by atoms with Gasteiger partial charge in [0.25, 0.3) is 16.7 Å². The van der Waals surface area contributed by atoms with E-state index >= 15 is 0 Å². The van der Waals surface area contributed by atoms with Gasteiger partial charge in [0.2, 0.25) is 0 Å². The number of H-pyrrole nitrogens is 4. The number of aryl methyl sites for hydroxylation is 1. The van der Waals surface area contributed by atoms with Crippen molar-refractivity contribution in [2.45, 2.75) is 35.1 Å². The molecule has 0 radical (unpaired) electrons. The molecule has 0 aliphatic carbocycles. The number of alkyl halides is 3. The topological polar surface area (TPSA) is 361 Å². The number of hydrogen-bond donors (Lipinski definition) is 4. The van der Waals surface area contributed by atoms with Gasteiger partial charge in [0.1, 0.15) is 35.9 Å². The molecule has 0 fully saturated rings. The highest BCUT2D eigenvalue weighted by molar-refractivity contribution is 8.00. The zero-order chi connectivity index (χ0) is 77.0. The van der Waals surface area contributed by atoms with Gasteiger partial charge in [-0.3, -0.25) is 34.3 Å². The lowest BCUT2D eigenvalue weighted by Crippen LogP contribution is -2.47. The lowest BCUT2D eigenvalue weighted by molar-refractivity contribution is -0.0328. The van der Waals surface area contributed by atoms with E-state index in [1.165, 1.54) is 104 Å². The van der Waals surface area contributed by atoms with Crippen LogP contribution in [0.2, 0.25) is 35.2 Å². The summed E-state index contributed by atoms with van der Waals surface area (Å²) in [4.78, 5) is 113. The molecule has 3 unspecified atom stereocenters. The van der Waals surface area contributed by atoms with Gasteiger partial charge in [-0.2, -0.15) is 58.3 Å². The van der Waals surface area contributed by atoms with Crippen molar-refractivity contribution in [1.82, 2.24) is 58.4 Å². The minimum atomic E-state index is -4.37. The van der Waals surface area contributed by atoms with E-state index in [4.69, 9.17) is 85.9 Å². The number of aromatic amines is 4. The largest absolute Gasteiger partial charge is 0.457 e. The summed E-state index contributed by atoms with van der Waals surface area (Å²) in [6.45, 7) is 1.67. The monoisotopic (exact) mass is 1590 g/mol. The van der Waals surface area contributed by atoms with Gasteiger partial charge >= 0.3 is 39.6 Å². The van der Waals surface area contributed by atoms with Crippen molar-refractivity contribution < 1.29 is 22.3 Å². The SMILES string of the molecule is Cc1cc(-n2c(=O)[nH]c(=O)n(C)c2=O)ccc1Oc1ccc(SC(F)(F)F)cc1.N#CC(c1ccc(Cl)cc1)c1c(Cl)cc(-n2ncc(=O)[nH]c2=O)cc1Cl.N#CC(c1ccc(Cl)cc1)c1ccc(-n2ncc(=O)[nH]c2=O)cc1Cl.N#CC(c1ccc(F)cc1)c1c(Cl)cc(-n2ncc(=O)[nH]c2=O)cc1Cl. The Morgan fingerprint density at radius 1 is 0.462 bits per heavy atom. The molecule has 536 valence electrons. The zero-order valence-electron chi connectivity index (χ0n) is 53.5. The van der Waals surface area contributed by atoms with Crippen LogP contribution in [-0.4, -0.2) is 63.9 Å². The van der Waals surface area contributed by atoms with Crippen molar-refractivity contribution in [3.8, 4) is 52.5 Å². The Hall–Kier alpha value is -11.6. The van der Waals surface area contributed by atoms with Gasteiger partial charge in [0.15, 0.2) is 0 Å². The molecule has 3 atom stereocenters. The van der Waals surface area contributed by atoms with E-state index in [0.29, 0.717) is 65.6 Å². The highest BCUT2D eigenvalue weighted by atomic mass is 35.5. The molecule has 37 heteroatoms. The smallest absolute Gasteiger partial charge is 0.446 e. The maximum absolute atomic E-state index is 13.1. The van der Waals surface area contributed by atoms with Crippen molar-refractivity contribution in [2.24, 2.45) is 7.05 Å². The first-order valence-electron chi connectivity index (χ1n) is 29.7. The molecular formula is C69H42Cl7F4N15O10S. The van der Waals surface area contributed by atoms with Gasteiger partial charge in [-0.05, 0) is 162 Å². The van der Waals surface area contributed by atoms with E-state index in [9.17, 15) is 76.5 Å². The standard InChI is InChI=1S/C18H14F3N3O4S.C17H9Cl3N4O2.C17H9Cl2FN4O2.C17H10Cl2N4O2/c1-10-9-11(24-16(26)22-15(25)23(2)17(24)27)3-8-14(10)28-12-4-6-13(7-5-12)29-18(19,20)21;18-10-3-1-9(2-4-10)12(7-21)16-13(19)5-11(6-14(16)20)24-17(26)23-15(25)8-22-24;18-13-5-11(24-17(26)23-15(25)8-22-24)6-14(19)16(13)12(7-21)9-1-3-10(20)4-2-9;18-11-3-1-10(2-4-11)14(8-20)13-6-5-12(7-15(13)19)23-17(25)22-16(24)9-21-23/h3-9H,1-2H3,(H,22,25,26);2*1-6,8,12H,(H,23,25,26);1-7,9,14H,(H,22,24,25).